The first kappa shape index (κ1) is 31.4. The number of aromatic nitrogens is 4. The predicted molar refractivity (Wildman–Crippen MR) is 171 cm³/mol. The van der Waals surface area contributed by atoms with E-state index in [9.17, 15) is 18.0 Å². The van der Waals surface area contributed by atoms with Crippen molar-refractivity contribution in [3.05, 3.63) is 83.6 Å². The van der Waals surface area contributed by atoms with Gasteiger partial charge >= 0.3 is 6.18 Å². The van der Waals surface area contributed by atoms with Crippen LogP contribution < -0.4 is 16.0 Å². The molecule has 1 amide bonds. The molecule has 0 spiro atoms. The van der Waals surface area contributed by atoms with Crippen LogP contribution in [0.3, 0.4) is 0 Å². The number of benzene rings is 2. The van der Waals surface area contributed by atoms with Crippen LogP contribution >= 0.6 is 0 Å². The van der Waals surface area contributed by atoms with Crippen LogP contribution in [-0.2, 0) is 12.7 Å². The van der Waals surface area contributed by atoms with Crippen LogP contribution in [0.5, 0.6) is 0 Å². The lowest BCUT2D eigenvalue weighted by molar-refractivity contribution is -0.138. The van der Waals surface area contributed by atoms with E-state index < -0.39 is 17.6 Å². The highest BCUT2D eigenvalue weighted by molar-refractivity contribution is 6.04. The van der Waals surface area contributed by atoms with E-state index in [2.05, 4.69) is 47.7 Å². The molecular formula is C33H36F3N9O. The number of hydrogen-bond acceptors (Lipinski definition) is 9. The molecule has 2 aromatic heterocycles. The van der Waals surface area contributed by atoms with Crippen molar-refractivity contribution in [2.75, 3.05) is 48.7 Å². The molecule has 0 unspecified atom stereocenters. The maximum absolute atomic E-state index is 14.1. The van der Waals surface area contributed by atoms with Crippen molar-refractivity contribution < 1.29 is 18.0 Å². The lowest BCUT2D eigenvalue weighted by Crippen LogP contribution is -2.45. The maximum atomic E-state index is 14.1. The zero-order valence-electron chi connectivity index (χ0n) is 25.7. The summed E-state index contributed by atoms with van der Waals surface area (Å²) in [4.78, 5) is 34.8. The van der Waals surface area contributed by atoms with Crippen LogP contribution in [0.1, 0.15) is 46.8 Å². The Kier molecular flexibility index (Phi) is 9.13. The molecular weight excluding hydrogens is 595 g/mol. The Labute approximate surface area is 265 Å². The van der Waals surface area contributed by atoms with E-state index >= 15 is 0 Å². The minimum absolute atomic E-state index is 0.0700. The maximum Gasteiger partial charge on any atom is 0.416 e. The summed E-state index contributed by atoms with van der Waals surface area (Å²) in [6.07, 6.45) is 2.20. The molecule has 0 atom stereocenters. The van der Waals surface area contributed by atoms with Crippen LogP contribution in [0.25, 0.3) is 11.3 Å². The van der Waals surface area contributed by atoms with Gasteiger partial charge in [-0.1, -0.05) is 19.1 Å². The highest BCUT2D eigenvalue weighted by Gasteiger charge is 2.35. The molecule has 13 heteroatoms. The summed E-state index contributed by atoms with van der Waals surface area (Å²) in [7, 11) is 0. The number of anilines is 4. The van der Waals surface area contributed by atoms with Crippen molar-refractivity contribution in [2.24, 2.45) is 0 Å². The van der Waals surface area contributed by atoms with Crippen molar-refractivity contribution in [1.82, 2.24) is 29.7 Å². The van der Waals surface area contributed by atoms with Crippen LogP contribution in [0.2, 0.25) is 0 Å². The van der Waals surface area contributed by atoms with Gasteiger partial charge < -0.3 is 20.9 Å². The Balaban J connectivity index is 1.18. The van der Waals surface area contributed by atoms with Crippen molar-refractivity contribution >= 4 is 28.9 Å². The van der Waals surface area contributed by atoms with Gasteiger partial charge in [-0.2, -0.15) is 13.2 Å². The smallest absolute Gasteiger partial charge is 0.367 e. The zero-order valence-corrected chi connectivity index (χ0v) is 25.7. The van der Waals surface area contributed by atoms with Gasteiger partial charge in [-0.3, -0.25) is 9.69 Å². The monoisotopic (exact) mass is 631 g/mol. The zero-order chi connectivity index (χ0) is 32.3. The fourth-order valence-corrected chi connectivity index (χ4v) is 5.43. The molecule has 10 nitrogen and oxygen atoms in total. The molecule has 2 fully saturated rings. The van der Waals surface area contributed by atoms with Gasteiger partial charge in [0.25, 0.3) is 5.91 Å². The lowest BCUT2D eigenvalue weighted by Gasteiger charge is -2.34. The molecule has 0 bridgehead atoms. The fraction of sp³-hybridized carbons (Fsp3) is 0.364. The fourth-order valence-electron chi connectivity index (χ4n) is 5.43. The minimum atomic E-state index is -4.59. The van der Waals surface area contributed by atoms with E-state index in [1.54, 1.807) is 18.3 Å². The molecule has 46 heavy (non-hydrogen) atoms. The van der Waals surface area contributed by atoms with Gasteiger partial charge in [0.1, 0.15) is 24.3 Å². The summed E-state index contributed by atoms with van der Waals surface area (Å²) < 4.78 is 42.4. The second-order valence-electron chi connectivity index (χ2n) is 11.7. The Hall–Kier alpha value is -4.62. The van der Waals surface area contributed by atoms with Gasteiger partial charge in [-0.05, 0) is 61.7 Å². The third kappa shape index (κ3) is 7.60. The Bertz CT molecular complexity index is 1700. The second-order valence-corrected chi connectivity index (χ2v) is 11.7. The number of piperazine rings is 1. The van der Waals surface area contributed by atoms with Gasteiger partial charge in [0.15, 0.2) is 0 Å². The number of aryl methyl sites for hydroxylation is 1. The van der Waals surface area contributed by atoms with E-state index in [0.717, 1.165) is 49.9 Å². The van der Waals surface area contributed by atoms with E-state index in [-0.39, 0.29) is 17.7 Å². The molecule has 1 aliphatic heterocycles. The molecule has 3 N–H and O–H groups in total. The number of hydrogen-bond donors (Lipinski definition) is 3. The van der Waals surface area contributed by atoms with Gasteiger partial charge in [-0.15, -0.1) is 0 Å². The Morgan fingerprint density at radius 3 is 2.48 bits per heavy atom. The van der Waals surface area contributed by atoms with E-state index in [1.807, 2.05) is 24.0 Å². The average Bonchev–Trinajstić information content (AvgIpc) is 3.87. The molecule has 0 radical (unpaired) electrons. The van der Waals surface area contributed by atoms with Crippen LogP contribution in [0.15, 0.2) is 61.3 Å². The number of carbonyl (C=O) groups is 1. The molecule has 3 heterocycles. The quantitative estimate of drug-likeness (QED) is 0.195. The van der Waals surface area contributed by atoms with Crippen LogP contribution in [0.4, 0.5) is 36.2 Å². The van der Waals surface area contributed by atoms with E-state index in [1.165, 1.54) is 24.8 Å². The number of likely N-dealkylation sites (N-methyl/N-ethyl adjacent to an activating group) is 1. The molecule has 4 aromatic rings. The first-order valence-electron chi connectivity index (χ1n) is 15.4. The summed E-state index contributed by atoms with van der Waals surface area (Å²) in [6.45, 7) is 8.12. The molecule has 6 rings (SSSR count). The molecule has 1 saturated heterocycles. The second kappa shape index (κ2) is 13.4. The third-order valence-corrected chi connectivity index (χ3v) is 8.32. The number of carbonyl (C=O) groups excluding carboxylic acids is 1. The van der Waals surface area contributed by atoms with Gasteiger partial charge in [0, 0.05) is 68.0 Å². The molecule has 2 aliphatic rings. The number of alkyl halides is 3. The summed E-state index contributed by atoms with van der Waals surface area (Å²) >= 11 is 0. The molecule has 1 aliphatic carbocycles. The van der Waals surface area contributed by atoms with Gasteiger partial charge in [0.05, 0.1) is 16.8 Å². The van der Waals surface area contributed by atoms with Crippen molar-refractivity contribution in [2.45, 2.75) is 45.5 Å². The first-order valence-corrected chi connectivity index (χ1v) is 15.4. The van der Waals surface area contributed by atoms with E-state index in [0.29, 0.717) is 47.6 Å². The largest absolute Gasteiger partial charge is 0.416 e. The molecule has 1 saturated carbocycles. The summed E-state index contributed by atoms with van der Waals surface area (Å²) in [5.74, 6) is 0.585. The number of halogens is 3. The number of rotatable bonds is 10. The topological polar surface area (TPSA) is 111 Å². The molecule has 240 valence electrons. The van der Waals surface area contributed by atoms with E-state index in [4.69, 9.17) is 0 Å². The normalized spacial score (nSPS) is 15.8. The van der Waals surface area contributed by atoms with Crippen LogP contribution in [0, 0.1) is 6.92 Å². The number of nitrogens with one attached hydrogen (secondary N) is 3. The summed E-state index contributed by atoms with van der Waals surface area (Å²) in [5, 5.41) is 9.42. The highest BCUT2D eigenvalue weighted by atomic mass is 19.4. The summed E-state index contributed by atoms with van der Waals surface area (Å²) in [6, 6.07) is 11.3. The lowest BCUT2D eigenvalue weighted by atomic mass is 10.0. The number of amides is 1. The number of nitrogens with zero attached hydrogens (tertiary/aromatic N) is 6. The minimum Gasteiger partial charge on any atom is -0.367 e. The Morgan fingerprint density at radius 2 is 1.74 bits per heavy atom. The standard InChI is InChI=1S/C33H36F3N9O/c1-3-44-10-12-45(13-11-44)18-23-6-5-22(14-27(23)33(34,35)36)32(46)42-25-7-4-21(2)28(15-25)43-31-26(17-37-19-40-31)29-16-30(39-20-38-29)41-24-8-9-24/h4-7,14-17,19-20,24H,3,8-13,18H2,1-2H3,(H,42,46)(H,37,40,43)(H,38,39,41). The predicted octanol–water partition coefficient (Wildman–Crippen LogP) is 5.97. The Morgan fingerprint density at radius 1 is 0.957 bits per heavy atom. The van der Waals surface area contributed by atoms with Crippen LogP contribution in [-0.4, -0.2) is 74.4 Å². The summed E-state index contributed by atoms with van der Waals surface area (Å²) in [5.41, 5.74) is 2.52. The van der Waals surface area contributed by atoms with Crippen molar-refractivity contribution in [1.29, 1.82) is 0 Å². The van der Waals surface area contributed by atoms with Crippen molar-refractivity contribution in [3.63, 3.8) is 0 Å². The molecule has 2 aromatic carbocycles. The average molecular weight is 632 g/mol. The van der Waals surface area contributed by atoms with Gasteiger partial charge in [0.2, 0.25) is 0 Å². The SMILES string of the molecule is CCN1CCN(Cc2ccc(C(=O)Nc3ccc(C)c(Nc4ncncc4-c4cc(NC5CC5)ncn4)c3)cc2C(F)(F)F)CC1. The third-order valence-electron chi connectivity index (χ3n) is 8.32. The first-order chi connectivity index (χ1) is 22.2. The van der Waals surface area contributed by atoms with Gasteiger partial charge in [-0.25, -0.2) is 19.9 Å². The van der Waals surface area contributed by atoms with Crippen molar-refractivity contribution in [3.8, 4) is 11.3 Å². The highest BCUT2D eigenvalue weighted by Crippen LogP contribution is 2.34.